The highest BCUT2D eigenvalue weighted by atomic mass is 127. The van der Waals surface area contributed by atoms with Crippen LogP contribution in [0.5, 0.6) is 0 Å². The first-order chi connectivity index (χ1) is 12.2. The molecular formula is C18H27IN4O3. The summed E-state index contributed by atoms with van der Waals surface area (Å²) in [5, 5.41) is 6.37. The Morgan fingerprint density at radius 1 is 1.15 bits per heavy atom. The number of methoxy groups -OCH3 is 1. The molecule has 0 aliphatic carbocycles. The smallest absolute Gasteiger partial charge is 0.226 e. The lowest BCUT2D eigenvalue weighted by Gasteiger charge is -2.10. The molecule has 0 unspecified atom stereocenters. The average Bonchev–Trinajstić information content (AvgIpc) is 3.10. The molecule has 0 aliphatic heterocycles. The van der Waals surface area contributed by atoms with Crippen molar-refractivity contribution in [1.29, 1.82) is 0 Å². The van der Waals surface area contributed by atoms with Gasteiger partial charge in [0.05, 0.1) is 32.1 Å². The van der Waals surface area contributed by atoms with Crippen LogP contribution in [0.4, 0.5) is 0 Å². The molecule has 26 heavy (non-hydrogen) atoms. The van der Waals surface area contributed by atoms with Gasteiger partial charge in [-0.1, -0.05) is 17.7 Å². The molecule has 0 bridgehead atoms. The second-order valence-corrected chi connectivity index (χ2v) is 5.47. The van der Waals surface area contributed by atoms with Gasteiger partial charge in [0.25, 0.3) is 0 Å². The Morgan fingerprint density at radius 2 is 1.92 bits per heavy atom. The maximum atomic E-state index is 5.55. The predicted molar refractivity (Wildman–Crippen MR) is 113 cm³/mol. The Hall–Kier alpha value is -1.65. The molecule has 2 N–H and O–H groups in total. The molecule has 1 aromatic carbocycles. The van der Waals surface area contributed by atoms with Gasteiger partial charge in [-0.3, -0.25) is 4.99 Å². The Kier molecular flexibility index (Phi) is 10.9. The summed E-state index contributed by atoms with van der Waals surface area (Å²) in [4.78, 5) is 8.66. The van der Waals surface area contributed by atoms with Gasteiger partial charge in [0.2, 0.25) is 5.89 Å². The molecule has 0 saturated heterocycles. The number of ether oxygens (including phenoxy) is 2. The number of hydrogen-bond donors (Lipinski definition) is 2. The lowest BCUT2D eigenvalue weighted by atomic mass is 10.1. The van der Waals surface area contributed by atoms with Crippen molar-refractivity contribution in [3.63, 3.8) is 0 Å². The number of aliphatic imine (C=N–C) groups is 1. The van der Waals surface area contributed by atoms with Crippen LogP contribution in [-0.2, 0) is 16.0 Å². The van der Waals surface area contributed by atoms with E-state index in [9.17, 15) is 0 Å². The van der Waals surface area contributed by atoms with Crippen molar-refractivity contribution in [3.8, 4) is 11.5 Å². The quantitative estimate of drug-likeness (QED) is 0.252. The van der Waals surface area contributed by atoms with Crippen LogP contribution in [0.15, 0.2) is 39.9 Å². The lowest BCUT2D eigenvalue weighted by Crippen LogP contribution is -2.38. The Labute approximate surface area is 171 Å². The van der Waals surface area contributed by atoms with Crippen LogP contribution in [-0.4, -0.2) is 51.5 Å². The Bertz CT molecular complexity index is 659. The summed E-state index contributed by atoms with van der Waals surface area (Å²) in [6.45, 7) is 5.02. The molecule has 1 aromatic heterocycles. The summed E-state index contributed by atoms with van der Waals surface area (Å²) < 4.78 is 15.9. The number of nitrogens with one attached hydrogen (secondary N) is 2. The highest BCUT2D eigenvalue weighted by molar-refractivity contribution is 14.0. The average molecular weight is 474 g/mol. The van der Waals surface area contributed by atoms with Crippen molar-refractivity contribution in [2.24, 2.45) is 4.99 Å². The highest BCUT2D eigenvalue weighted by Crippen LogP contribution is 2.18. The summed E-state index contributed by atoms with van der Waals surface area (Å²) in [6.07, 6.45) is 1.66. The number of aromatic nitrogens is 1. The number of hydrogen-bond acceptors (Lipinski definition) is 5. The fourth-order valence-electron chi connectivity index (χ4n) is 2.10. The van der Waals surface area contributed by atoms with Crippen LogP contribution in [0.2, 0.25) is 0 Å². The van der Waals surface area contributed by atoms with E-state index in [1.807, 2.05) is 24.3 Å². The monoisotopic (exact) mass is 474 g/mol. The number of guanidine groups is 1. The second-order valence-electron chi connectivity index (χ2n) is 5.47. The van der Waals surface area contributed by atoms with Crippen LogP contribution >= 0.6 is 24.0 Å². The molecule has 144 valence electrons. The van der Waals surface area contributed by atoms with Crippen LogP contribution in [0, 0.1) is 6.92 Å². The summed E-state index contributed by atoms with van der Waals surface area (Å²) in [5.74, 6) is 1.31. The van der Waals surface area contributed by atoms with E-state index in [1.54, 1.807) is 20.4 Å². The zero-order valence-electron chi connectivity index (χ0n) is 15.4. The van der Waals surface area contributed by atoms with E-state index in [-0.39, 0.29) is 24.0 Å². The molecule has 0 radical (unpaired) electrons. The van der Waals surface area contributed by atoms with Crippen LogP contribution in [0.25, 0.3) is 11.5 Å². The zero-order chi connectivity index (χ0) is 17.9. The first-order valence-electron chi connectivity index (χ1n) is 8.25. The maximum Gasteiger partial charge on any atom is 0.226 e. The van der Waals surface area contributed by atoms with Crippen molar-refractivity contribution >= 4 is 29.9 Å². The number of rotatable bonds is 9. The van der Waals surface area contributed by atoms with E-state index in [2.05, 4.69) is 27.5 Å². The topological polar surface area (TPSA) is 80.9 Å². The van der Waals surface area contributed by atoms with E-state index < -0.39 is 0 Å². The Balaban J connectivity index is 0.00000338. The van der Waals surface area contributed by atoms with Crippen molar-refractivity contribution in [2.45, 2.75) is 13.5 Å². The summed E-state index contributed by atoms with van der Waals surface area (Å²) in [5.41, 5.74) is 2.99. The van der Waals surface area contributed by atoms with E-state index in [0.717, 1.165) is 11.3 Å². The van der Waals surface area contributed by atoms with E-state index in [0.29, 0.717) is 44.8 Å². The van der Waals surface area contributed by atoms with Crippen molar-refractivity contribution < 1.29 is 13.9 Å². The molecular weight excluding hydrogens is 447 g/mol. The van der Waals surface area contributed by atoms with Gasteiger partial charge < -0.3 is 24.5 Å². The number of nitrogens with zero attached hydrogens (tertiary/aromatic N) is 2. The molecule has 2 aromatic rings. The molecule has 2 rings (SSSR count). The van der Waals surface area contributed by atoms with E-state index >= 15 is 0 Å². The number of halogens is 1. The fraction of sp³-hybridized carbons (Fsp3) is 0.444. The third-order valence-electron chi connectivity index (χ3n) is 3.48. The van der Waals surface area contributed by atoms with Crippen molar-refractivity contribution in [3.05, 3.63) is 41.8 Å². The molecule has 7 nitrogen and oxygen atoms in total. The minimum Gasteiger partial charge on any atom is -0.444 e. The van der Waals surface area contributed by atoms with Crippen LogP contribution in [0.1, 0.15) is 11.3 Å². The molecule has 8 heteroatoms. The van der Waals surface area contributed by atoms with Gasteiger partial charge in [-0.2, -0.15) is 0 Å². The summed E-state index contributed by atoms with van der Waals surface area (Å²) >= 11 is 0. The van der Waals surface area contributed by atoms with Gasteiger partial charge in [-0.05, 0) is 19.1 Å². The van der Waals surface area contributed by atoms with Gasteiger partial charge in [0, 0.05) is 26.3 Å². The second kappa shape index (κ2) is 12.7. The molecule has 0 spiro atoms. The summed E-state index contributed by atoms with van der Waals surface area (Å²) in [7, 11) is 3.38. The van der Waals surface area contributed by atoms with Gasteiger partial charge in [0.15, 0.2) is 5.96 Å². The minimum absolute atomic E-state index is 0. The van der Waals surface area contributed by atoms with Gasteiger partial charge in [-0.15, -0.1) is 24.0 Å². The minimum atomic E-state index is 0. The molecule has 0 amide bonds. The lowest BCUT2D eigenvalue weighted by molar-refractivity contribution is 0.0733. The molecule has 0 aliphatic rings. The molecule has 0 saturated carbocycles. The van der Waals surface area contributed by atoms with Crippen LogP contribution < -0.4 is 10.6 Å². The van der Waals surface area contributed by atoms with Crippen molar-refractivity contribution in [1.82, 2.24) is 15.6 Å². The van der Waals surface area contributed by atoms with Gasteiger partial charge in [0.1, 0.15) is 6.26 Å². The third kappa shape index (κ3) is 7.71. The highest BCUT2D eigenvalue weighted by Gasteiger charge is 2.07. The normalized spacial score (nSPS) is 11.1. The fourth-order valence-corrected chi connectivity index (χ4v) is 2.10. The molecule has 1 heterocycles. The first kappa shape index (κ1) is 22.4. The molecule has 0 atom stereocenters. The maximum absolute atomic E-state index is 5.55. The van der Waals surface area contributed by atoms with E-state index in [1.165, 1.54) is 5.56 Å². The van der Waals surface area contributed by atoms with Gasteiger partial charge >= 0.3 is 0 Å². The Morgan fingerprint density at radius 3 is 2.62 bits per heavy atom. The van der Waals surface area contributed by atoms with Crippen molar-refractivity contribution in [2.75, 3.05) is 40.5 Å². The summed E-state index contributed by atoms with van der Waals surface area (Å²) in [6, 6.07) is 8.08. The number of aryl methyl sites for hydroxylation is 1. The zero-order valence-corrected chi connectivity index (χ0v) is 17.8. The first-order valence-corrected chi connectivity index (χ1v) is 8.25. The van der Waals surface area contributed by atoms with Crippen LogP contribution in [0.3, 0.4) is 0 Å². The SMILES string of the molecule is CN=C(NCCOCCOC)NCc1coc(-c2ccc(C)cc2)n1.I. The molecule has 0 fully saturated rings. The number of benzene rings is 1. The largest absolute Gasteiger partial charge is 0.444 e. The van der Waals surface area contributed by atoms with E-state index in [4.69, 9.17) is 13.9 Å². The standard InChI is InChI=1S/C18H26N4O3.HI/c1-14-4-6-15(7-5-14)17-22-16(13-25-17)12-21-18(19-2)20-8-9-24-11-10-23-3;/h4-7,13H,8-12H2,1-3H3,(H2,19,20,21);1H. The van der Waals surface area contributed by atoms with Gasteiger partial charge in [-0.25, -0.2) is 4.98 Å². The number of oxazole rings is 1. The third-order valence-corrected chi connectivity index (χ3v) is 3.48. The predicted octanol–water partition coefficient (Wildman–Crippen LogP) is 2.60.